The zero-order valence-corrected chi connectivity index (χ0v) is 13.6. The lowest BCUT2D eigenvalue weighted by atomic mass is 10.1. The monoisotopic (exact) mass is 312 g/mol. The van der Waals surface area contributed by atoms with Crippen molar-refractivity contribution in [1.82, 2.24) is 19.9 Å². The maximum Gasteiger partial charge on any atom is 0.272 e. The molecule has 0 saturated carbocycles. The number of ether oxygens (including phenoxy) is 1. The summed E-state index contributed by atoms with van der Waals surface area (Å²) in [4.78, 5) is 27.5. The molecule has 3 rings (SSSR count). The van der Waals surface area contributed by atoms with E-state index in [9.17, 15) is 4.79 Å². The first kappa shape index (κ1) is 15.6. The molecule has 0 spiro atoms. The maximum absolute atomic E-state index is 12.6. The van der Waals surface area contributed by atoms with E-state index in [-0.39, 0.29) is 12.0 Å². The molecule has 0 bridgehead atoms. The van der Waals surface area contributed by atoms with Crippen molar-refractivity contribution in [3.8, 4) is 0 Å². The summed E-state index contributed by atoms with van der Waals surface area (Å²) in [5, 5.41) is 0. The molecule has 1 saturated heterocycles. The topological polar surface area (TPSA) is 68.2 Å². The Hall–Kier alpha value is -2.34. The zero-order chi connectivity index (χ0) is 16.4. The molecule has 6 nitrogen and oxygen atoms in total. The number of hydrogen-bond donors (Lipinski definition) is 0. The predicted molar refractivity (Wildman–Crippen MR) is 85.1 cm³/mol. The van der Waals surface area contributed by atoms with E-state index in [1.54, 1.807) is 11.0 Å². The molecule has 120 valence electrons. The van der Waals surface area contributed by atoms with Crippen LogP contribution < -0.4 is 0 Å². The number of morpholine rings is 1. The lowest BCUT2D eigenvalue weighted by Gasteiger charge is -2.32. The quantitative estimate of drug-likeness (QED) is 0.848. The van der Waals surface area contributed by atoms with Gasteiger partial charge in [-0.2, -0.15) is 0 Å². The van der Waals surface area contributed by atoms with E-state index in [1.165, 1.54) is 0 Å². The molecule has 1 amide bonds. The molecule has 3 heterocycles. The van der Waals surface area contributed by atoms with E-state index < -0.39 is 0 Å². The van der Waals surface area contributed by atoms with Gasteiger partial charge in [-0.05, 0) is 39.0 Å². The third kappa shape index (κ3) is 3.53. The number of nitrogens with zero attached hydrogens (tertiary/aromatic N) is 4. The maximum atomic E-state index is 12.6. The van der Waals surface area contributed by atoms with Crippen LogP contribution in [-0.2, 0) is 4.74 Å². The fourth-order valence-electron chi connectivity index (χ4n) is 2.75. The number of rotatable bonds is 2. The summed E-state index contributed by atoms with van der Waals surface area (Å²) >= 11 is 0. The van der Waals surface area contributed by atoms with Gasteiger partial charge in [-0.1, -0.05) is 6.07 Å². The van der Waals surface area contributed by atoms with Crippen LogP contribution in [0, 0.1) is 20.8 Å². The van der Waals surface area contributed by atoms with Gasteiger partial charge in [0, 0.05) is 17.9 Å². The lowest BCUT2D eigenvalue weighted by molar-refractivity contribution is -0.0250. The van der Waals surface area contributed by atoms with Crippen LogP contribution in [0.4, 0.5) is 0 Å². The lowest BCUT2D eigenvalue weighted by Crippen LogP contribution is -2.42. The minimum Gasteiger partial charge on any atom is -0.368 e. The fourth-order valence-corrected chi connectivity index (χ4v) is 2.75. The SMILES string of the molecule is Cc1cccc(C(=O)N2CCO[C@@H](c3cc(C)nc(C)n3)C2)n1. The molecule has 0 N–H and O–H groups in total. The molecule has 1 atom stereocenters. The average Bonchev–Trinajstić information content (AvgIpc) is 2.53. The summed E-state index contributed by atoms with van der Waals surface area (Å²) in [5.41, 5.74) is 3.04. The number of aromatic nitrogens is 3. The van der Waals surface area contributed by atoms with E-state index in [4.69, 9.17) is 4.74 Å². The van der Waals surface area contributed by atoms with Crippen molar-refractivity contribution in [2.75, 3.05) is 19.7 Å². The second kappa shape index (κ2) is 6.42. The summed E-state index contributed by atoms with van der Waals surface area (Å²) in [7, 11) is 0. The summed E-state index contributed by atoms with van der Waals surface area (Å²) in [6.07, 6.45) is -0.224. The zero-order valence-electron chi connectivity index (χ0n) is 13.6. The van der Waals surface area contributed by atoms with E-state index in [2.05, 4.69) is 15.0 Å². The van der Waals surface area contributed by atoms with Crippen LogP contribution >= 0.6 is 0 Å². The third-order valence-corrected chi connectivity index (χ3v) is 3.78. The third-order valence-electron chi connectivity index (χ3n) is 3.78. The van der Waals surface area contributed by atoms with Gasteiger partial charge in [-0.3, -0.25) is 4.79 Å². The molecule has 1 aliphatic heterocycles. The van der Waals surface area contributed by atoms with Gasteiger partial charge in [0.15, 0.2) is 0 Å². The molecule has 0 aromatic carbocycles. The van der Waals surface area contributed by atoms with Gasteiger partial charge >= 0.3 is 0 Å². The molecule has 0 aliphatic carbocycles. The number of hydrogen-bond acceptors (Lipinski definition) is 5. The Labute approximate surface area is 135 Å². The summed E-state index contributed by atoms with van der Waals surface area (Å²) in [6, 6.07) is 7.39. The standard InChI is InChI=1S/C17H20N4O2/c1-11-5-4-6-14(19-11)17(22)21-7-8-23-16(10-21)15-9-12(2)18-13(3)20-15/h4-6,9,16H,7-8,10H2,1-3H3/t16-/m1/s1. The van der Waals surface area contributed by atoms with Crippen molar-refractivity contribution >= 4 is 5.91 Å². The normalized spacial score (nSPS) is 18.0. The second-order valence-corrected chi connectivity index (χ2v) is 5.76. The van der Waals surface area contributed by atoms with Gasteiger partial charge < -0.3 is 9.64 Å². The van der Waals surface area contributed by atoms with E-state index in [0.29, 0.717) is 31.2 Å². The Kier molecular flexibility index (Phi) is 4.34. The first-order chi connectivity index (χ1) is 11.0. The molecule has 0 radical (unpaired) electrons. The molecule has 23 heavy (non-hydrogen) atoms. The highest BCUT2D eigenvalue weighted by atomic mass is 16.5. The van der Waals surface area contributed by atoms with E-state index in [0.717, 1.165) is 17.1 Å². The molecular formula is C17H20N4O2. The van der Waals surface area contributed by atoms with Gasteiger partial charge in [-0.15, -0.1) is 0 Å². The van der Waals surface area contributed by atoms with Crippen molar-refractivity contribution < 1.29 is 9.53 Å². The average molecular weight is 312 g/mol. The number of pyridine rings is 1. The Balaban J connectivity index is 1.79. The highest BCUT2D eigenvalue weighted by Crippen LogP contribution is 2.22. The smallest absolute Gasteiger partial charge is 0.272 e. The van der Waals surface area contributed by atoms with Crippen LogP contribution in [0.5, 0.6) is 0 Å². The Bertz CT molecular complexity index is 712. The molecule has 0 unspecified atom stereocenters. The number of aryl methyl sites for hydroxylation is 3. The van der Waals surface area contributed by atoms with Gasteiger partial charge in [0.2, 0.25) is 0 Å². The Morgan fingerprint density at radius 1 is 1.17 bits per heavy atom. The summed E-state index contributed by atoms with van der Waals surface area (Å²) in [5.74, 6) is 0.650. The van der Waals surface area contributed by atoms with Crippen molar-refractivity contribution in [3.63, 3.8) is 0 Å². The van der Waals surface area contributed by atoms with Crippen LogP contribution in [0.3, 0.4) is 0 Å². The minimum atomic E-state index is -0.224. The van der Waals surface area contributed by atoms with Crippen LogP contribution in [0.2, 0.25) is 0 Å². The largest absolute Gasteiger partial charge is 0.368 e. The van der Waals surface area contributed by atoms with Crippen LogP contribution in [0.15, 0.2) is 24.3 Å². The second-order valence-electron chi connectivity index (χ2n) is 5.76. The molecule has 2 aromatic rings. The van der Waals surface area contributed by atoms with Crippen molar-refractivity contribution in [2.24, 2.45) is 0 Å². The molecule has 1 fully saturated rings. The van der Waals surface area contributed by atoms with Crippen molar-refractivity contribution in [3.05, 3.63) is 52.9 Å². The number of carbonyl (C=O) groups is 1. The van der Waals surface area contributed by atoms with Gasteiger partial charge in [-0.25, -0.2) is 15.0 Å². The van der Waals surface area contributed by atoms with E-state index in [1.807, 2.05) is 39.0 Å². The molecule has 6 heteroatoms. The van der Waals surface area contributed by atoms with Crippen LogP contribution in [0.1, 0.15) is 39.5 Å². The predicted octanol–water partition coefficient (Wildman–Crippen LogP) is 2.01. The van der Waals surface area contributed by atoms with Crippen LogP contribution in [0.25, 0.3) is 0 Å². The Morgan fingerprint density at radius 2 is 2.00 bits per heavy atom. The highest BCUT2D eigenvalue weighted by molar-refractivity contribution is 5.92. The first-order valence-electron chi connectivity index (χ1n) is 7.69. The van der Waals surface area contributed by atoms with Gasteiger partial charge in [0.05, 0.1) is 18.8 Å². The fraction of sp³-hybridized carbons (Fsp3) is 0.412. The van der Waals surface area contributed by atoms with Crippen molar-refractivity contribution in [2.45, 2.75) is 26.9 Å². The van der Waals surface area contributed by atoms with E-state index >= 15 is 0 Å². The highest BCUT2D eigenvalue weighted by Gasteiger charge is 2.28. The van der Waals surface area contributed by atoms with Gasteiger partial charge in [0.1, 0.15) is 17.6 Å². The summed E-state index contributed by atoms with van der Waals surface area (Å²) in [6.45, 7) is 7.20. The Morgan fingerprint density at radius 3 is 2.74 bits per heavy atom. The first-order valence-corrected chi connectivity index (χ1v) is 7.69. The van der Waals surface area contributed by atoms with Crippen molar-refractivity contribution in [1.29, 1.82) is 0 Å². The summed E-state index contributed by atoms with van der Waals surface area (Å²) < 4.78 is 5.81. The molecule has 2 aromatic heterocycles. The minimum absolute atomic E-state index is 0.0653. The number of amides is 1. The number of carbonyl (C=O) groups excluding carboxylic acids is 1. The molecular weight excluding hydrogens is 292 g/mol. The van der Waals surface area contributed by atoms with Gasteiger partial charge in [0.25, 0.3) is 5.91 Å². The molecule has 1 aliphatic rings. The van der Waals surface area contributed by atoms with Crippen LogP contribution in [-0.4, -0.2) is 45.5 Å².